The molecule has 1 atom stereocenters. The number of hydrogen-bond donors (Lipinski definition) is 1. The smallest absolute Gasteiger partial charge is 0.273 e. The SMILES string of the molecule is C[C@@H](N)c1ccc(Oc2cc([N+](=O)[O-])ccc2Cl)nc1. The zero-order valence-corrected chi connectivity index (χ0v) is 11.4. The number of benzene rings is 1. The number of non-ortho nitro benzene ring substituents is 1. The minimum atomic E-state index is -0.518. The summed E-state index contributed by atoms with van der Waals surface area (Å²) in [7, 11) is 0. The molecule has 1 aromatic heterocycles. The molecule has 2 N–H and O–H groups in total. The van der Waals surface area contributed by atoms with Gasteiger partial charge in [-0.1, -0.05) is 17.7 Å². The van der Waals surface area contributed by atoms with Crippen molar-refractivity contribution in [3.63, 3.8) is 0 Å². The quantitative estimate of drug-likeness (QED) is 0.688. The number of halogens is 1. The molecule has 2 aromatic rings. The summed E-state index contributed by atoms with van der Waals surface area (Å²) in [5.74, 6) is 0.471. The van der Waals surface area contributed by atoms with Crippen molar-refractivity contribution in [2.45, 2.75) is 13.0 Å². The predicted octanol–water partition coefficient (Wildman–Crippen LogP) is 3.46. The number of ether oxygens (including phenoxy) is 1. The van der Waals surface area contributed by atoms with Crippen LogP contribution in [0.5, 0.6) is 11.6 Å². The highest BCUT2D eigenvalue weighted by Gasteiger charge is 2.12. The van der Waals surface area contributed by atoms with E-state index in [2.05, 4.69) is 4.98 Å². The molecule has 0 aliphatic rings. The van der Waals surface area contributed by atoms with E-state index in [-0.39, 0.29) is 28.4 Å². The summed E-state index contributed by atoms with van der Waals surface area (Å²) < 4.78 is 5.45. The first-order valence-corrected chi connectivity index (χ1v) is 6.18. The monoisotopic (exact) mass is 293 g/mol. The van der Waals surface area contributed by atoms with E-state index in [1.54, 1.807) is 18.3 Å². The standard InChI is InChI=1S/C13H12ClN3O3/c1-8(15)9-2-5-13(16-7-9)20-12-6-10(17(18)19)3-4-11(12)14/h2-8H,15H2,1H3/t8-/m1/s1. The maximum Gasteiger partial charge on any atom is 0.273 e. The van der Waals surface area contributed by atoms with E-state index in [1.165, 1.54) is 18.2 Å². The number of nitrogens with two attached hydrogens (primary N) is 1. The molecule has 0 amide bonds. The van der Waals surface area contributed by atoms with Gasteiger partial charge in [0.1, 0.15) is 0 Å². The number of nitro groups is 1. The molecule has 6 nitrogen and oxygen atoms in total. The fourth-order valence-corrected chi connectivity index (χ4v) is 1.67. The molecule has 0 aliphatic carbocycles. The summed E-state index contributed by atoms with van der Waals surface area (Å²) in [4.78, 5) is 14.3. The Balaban J connectivity index is 2.25. The fraction of sp³-hybridized carbons (Fsp3) is 0.154. The van der Waals surface area contributed by atoms with Crippen LogP contribution in [0.15, 0.2) is 36.5 Å². The Hall–Kier alpha value is -2.18. The lowest BCUT2D eigenvalue weighted by atomic mass is 10.2. The van der Waals surface area contributed by atoms with Gasteiger partial charge in [-0.3, -0.25) is 10.1 Å². The van der Waals surface area contributed by atoms with Crippen LogP contribution in [0.1, 0.15) is 18.5 Å². The van der Waals surface area contributed by atoms with E-state index >= 15 is 0 Å². The van der Waals surface area contributed by atoms with Gasteiger partial charge in [0.15, 0.2) is 5.75 Å². The van der Waals surface area contributed by atoms with Crippen LogP contribution in [0.25, 0.3) is 0 Å². The second kappa shape index (κ2) is 5.85. The normalized spacial score (nSPS) is 11.9. The lowest BCUT2D eigenvalue weighted by molar-refractivity contribution is -0.384. The largest absolute Gasteiger partial charge is 0.437 e. The summed E-state index contributed by atoms with van der Waals surface area (Å²) in [6.07, 6.45) is 1.59. The van der Waals surface area contributed by atoms with Gasteiger partial charge < -0.3 is 10.5 Å². The van der Waals surface area contributed by atoms with Gasteiger partial charge in [-0.2, -0.15) is 0 Å². The van der Waals surface area contributed by atoms with Gasteiger partial charge in [-0.15, -0.1) is 0 Å². The van der Waals surface area contributed by atoms with Crippen molar-refractivity contribution >= 4 is 17.3 Å². The Morgan fingerprint density at radius 1 is 1.40 bits per heavy atom. The molecule has 0 bridgehead atoms. The summed E-state index contributed by atoms with van der Waals surface area (Å²) in [5, 5.41) is 11.0. The number of pyridine rings is 1. The highest BCUT2D eigenvalue weighted by molar-refractivity contribution is 6.32. The van der Waals surface area contributed by atoms with E-state index in [4.69, 9.17) is 22.1 Å². The first-order valence-electron chi connectivity index (χ1n) is 5.80. The van der Waals surface area contributed by atoms with Crippen molar-refractivity contribution < 1.29 is 9.66 Å². The fourth-order valence-electron chi connectivity index (χ4n) is 1.52. The summed E-state index contributed by atoms with van der Waals surface area (Å²) in [5.41, 5.74) is 6.48. The number of hydrogen-bond acceptors (Lipinski definition) is 5. The van der Waals surface area contributed by atoms with Crippen LogP contribution in [0, 0.1) is 10.1 Å². The second-order valence-corrected chi connectivity index (χ2v) is 4.60. The zero-order chi connectivity index (χ0) is 14.7. The van der Waals surface area contributed by atoms with Crippen molar-refractivity contribution in [3.05, 3.63) is 57.2 Å². The maximum atomic E-state index is 10.7. The minimum Gasteiger partial charge on any atom is -0.437 e. The Labute approximate surface area is 120 Å². The van der Waals surface area contributed by atoms with Crippen molar-refractivity contribution in [3.8, 4) is 11.6 Å². The zero-order valence-electron chi connectivity index (χ0n) is 10.6. The Morgan fingerprint density at radius 3 is 2.70 bits per heavy atom. The topological polar surface area (TPSA) is 91.3 Å². The van der Waals surface area contributed by atoms with Crippen LogP contribution >= 0.6 is 11.6 Å². The third-order valence-electron chi connectivity index (χ3n) is 2.63. The molecule has 0 aliphatic heterocycles. The highest BCUT2D eigenvalue weighted by atomic mass is 35.5. The van der Waals surface area contributed by atoms with E-state index < -0.39 is 4.92 Å². The molecule has 1 aromatic carbocycles. The van der Waals surface area contributed by atoms with Crippen LogP contribution in [0.3, 0.4) is 0 Å². The number of rotatable bonds is 4. The molecular formula is C13H12ClN3O3. The molecule has 0 radical (unpaired) electrons. The average molecular weight is 294 g/mol. The summed E-state index contributed by atoms with van der Waals surface area (Å²) in [6, 6.07) is 7.25. The number of nitro benzene ring substituents is 1. The number of nitrogens with zero attached hydrogens (tertiary/aromatic N) is 2. The first kappa shape index (κ1) is 14.2. The van der Waals surface area contributed by atoms with Gasteiger partial charge in [0, 0.05) is 24.4 Å². The first-order chi connectivity index (χ1) is 9.47. The van der Waals surface area contributed by atoms with E-state index in [0.717, 1.165) is 5.56 Å². The van der Waals surface area contributed by atoms with Gasteiger partial charge in [0.2, 0.25) is 5.88 Å². The molecule has 104 valence electrons. The van der Waals surface area contributed by atoms with Crippen LogP contribution < -0.4 is 10.5 Å². The lowest BCUT2D eigenvalue weighted by Gasteiger charge is -2.08. The third kappa shape index (κ3) is 3.23. The second-order valence-electron chi connectivity index (χ2n) is 4.19. The van der Waals surface area contributed by atoms with Gasteiger partial charge in [0.25, 0.3) is 5.69 Å². The summed E-state index contributed by atoms with van der Waals surface area (Å²) >= 11 is 5.94. The average Bonchev–Trinajstić information content (AvgIpc) is 2.41. The van der Waals surface area contributed by atoms with Gasteiger partial charge >= 0.3 is 0 Å². The van der Waals surface area contributed by atoms with Crippen molar-refractivity contribution in [2.75, 3.05) is 0 Å². The van der Waals surface area contributed by atoms with Gasteiger partial charge in [-0.05, 0) is 18.6 Å². The molecule has 20 heavy (non-hydrogen) atoms. The Kier molecular flexibility index (Phi) is 4.16. The summed E-state index contributed by atoms with van der Waals surface area (Å²) in [6.45, 7) is 1.84. The highest BCUT2D eigenvalue weighted by Crippen LogP contribution is 2.32. The Bertz CT molecular complexity index is 629. The van der Waals surface area contributed by atoms with E-state index in [1.807, 2.05) is 6.92 Å². The molecule has 0 unspecified atom stereocenters. The van der Waals surface area contributed by atoms with Crippen LogP contribution in [-0.4, -0.2) is 9.91 Å². The van der Waals surface area contributed by atoms with Crippen molar-refractivity contribution in [2.24, 2.45) is 5.73 Å². The molecule has 0 spiro atoms. The lowest BCUT2D eigenvalue weighted by Crippen LogP contribution is -2.05. The van der Waals surface area contributed by atoms with Crippen molar-refractivity contribution in [1.82, 2.24) is 4.98 Å². The maximum absolute atomic E-state index is 10.7. The molecular weight excluding hydrogens is 282 g/mol. The Morgan fingerprint density at radius 2 is 2.15 bits per heavy atom. The van der Waals surface area contributed by atoms with Crippen molar-refractivity contribution in [1.29, 1.82) is 0 Å². The van der Waals surface area contributed by atoms with Gasteiger partial charge in [-0.25, -0.2) is 4.98 Å². The molecule has 0 fully saturated rings. The predicted molar refractivity (Wildman–Crippen MR) is 75.0 cm³/mol. The van der Waals surface area contributed by atoms with Crippen LogP contribution in [0.2, 0.25) is 5.02 Å². The van der Waals surface area contributed by atoms with Crippen LogP contribution in [-0.2, 0) is 0 Å². The number of aromatic nitrogens is 1. The van der Waals surface area contributed by atoms with Gasteiger partial charge in [0.05, 0.1) is 16.0 Å². The van der Waals surface area contributed by atoms with Crippen LogP contribution in [0.4, 0.5) is 5.69 Å². The molecule has 2 rings (SSSR count). The molecule has 1 heterocycles. The van der Waals surface area contributed by atoms with E-state index in [0.29, 0.717) is 0 Å². The molecule has 0 saturated heterocycles. The molecule has 0 saturated carbocycles. The molecule has 7 heteroatoms. The minimum absolute atomic E-state index is 0.100. The third-order valence-corrected chi connectivity index (χ3v) is 2.94. The van der Waals surface area contributed by atoms with E-state index in [9.17, 15) is 10.1 Å².